The average Bonchev–Trinajstić information content (AvgIpc) is 3.35. The Hall–Kier alpha value is -4.80. The second-order valence-corrected chi connectivity index (χ2v) is 11.4. The predicted molar refractivity (Wildman–Crippen MR) is 152 cm³/mol. The fourth-order valence-electron chi connectivity index (χ4n) is 3.74. The quantitative estimate of drug-likeness (QED) is 0.212. The molecule has 3 aromatic heterocycles. The lowest BCUT2D eigenvalue weighted by Gasteiger charge is -2.28. The van der Waals surface area contributed by atoms with Crippen molar-refractivity contribution in [1.29, 1.82) is 0 Å². The summed E-state index contributed by atoms with van der Waals surface area (Å²) in [5.74, 6) is -0.102. The number of pyridine rings is 2. The van der Waals surface area contributed by atoms with Gasteiger partial charge in [0.15, 0.2) is 11.6 Å². The van der Waals surface area contributed by atoms with Crippen LogP contribution in [0.3, 0.4) is 0 Å². The Balaban J connectivity index is 1.52. The lowest BCUT2D eigenvalue weighted by atomic mass is 10.1. The van der Waals surface area contributed by atoms with Gasteiger partial charge in [-0.25, -0.2) is 14.6 Å². The van der Waals surface area contributed by atoms with Gasteiger partial charge in [-0.2, -0.15) is 14.3 Å². The highest BCUT2D eigenvalue weighted by molar-refractivity contribution is 6.10. The highest BCUT2D eigenvalue weighted by atomic mass is 19.1. The molecule has 0 saturated heterocycles. The highest BCUT2D eigenvalue weighted by Gasteiger charge is 2.35. The van der Waals surface area contributed by atoms with Crippen LogP contribution in [0.4, 0.5) is 19.8 Å². The number of carbonyl (C=O) groups excluding carboxylic acids is 2. The molecule has 3 heterocycles. The van der Waals surface area contributed by atoms with Crippen molar-refractivity contribution in [3.05, 3.63) is 89.6 Å². The number of amides is 2. The van der Waals surface area contributed by atoms with Crippen molar-refractivity contribution in [3.63, 3.8) is 0 Å². The van der Waals surface area contributed by atoms with Crippen LogP contribution in [0.5, 0.6) is 5.88 Å². The molecule has 0 radical (unpaired) electrons. The van der Waals surface area contributed by atoms with Crippen LogP contribution in [0.1, 0.15) is 58.4 Å². The van der Waals surface area contributed by atoms with E-state index in [1.807, 2.05) is 24.3 Å². The van der Waals surface area contributed by atoms with Crippen LogP contribution >= 0.6 is 0 Å². The van der Waals surface area contributed by atoms with Gasteiger partial charge in [0.25, 0.3) is 0 Å². The van der Waals surface area contributed by atoms with Gasteiger partial charge in [0.05, 0.1) is 11.3 Å². The minimum atomic E-state index is -0.936. The van der Waals surface area contributed by atoms with Crippen molar-refractivity contribution >= 4 is 18.0 Å². The van der Waals surface area contributed by atoms with Gasteiger partial charge < -0.3 is 18.7 Å². The van der Waals surface area contributed by atoms with Crippen molar-refractivity contribution in [2.45, 2.75) is 65.8 Å². The zero-order valence-corrected chi connectivity index (χ0v) is 24.4. The lowest BCUT2D eigenvalue weighted by molar-refractivity contribution is 0.0429. The molecule has 4 aromatic rings. The monoisotopic (exact) mass is 576 g/mol. The van der Waals surface area contributed by atoms with E-state index < -0.39 is 29.3 Å². The largest absolute Gasteiger partial charge is 0.473 e. The van der Waals surface area contributed by atoms with E-state index in [0.717, 1.165) is 16.0 Å². The number of hydrogen-bond acceptors (Lipinski definition) is 9. The first-order chi connectivity index (χ1) is 19.8. The van der Waals surface area contributed by atoms with Gasteiger partial charge in [-0.1, -0.05) is 35.5 Å². The molecule has 0 aliphatic rings. The summed E-state index contributed by atoms with van der Waals surface area (Å²) in [6.07, 6.45) is 0.0310. The second kappa shape index (κ2) is 12.4. The van der Waals surface area contributed by atoms with Crippen LogP contribution in [-0.2, 0) is 22.5 Å². The van der Waals surface area contributed by atoms with Crippen molar-refractivity contribution in [2.24, 2.45) is 0 Å². The molecule has 42 heavy (non-hydrogen) atoms. The summed E-state index contributed by atoms with van der Waals surface area (Å²) in [7, 11) is 0. The molecule has 0 bridgehead atoms. The van der Waals surface area contributed by atoms with Gasteiger partial charge >= 0.3 is 12.2 Å². The number of ether oxygens (including phenoxy) is 3. The maximum absolute atomic E-state index is 13.3. The molecule has 0 aliphatic heterocycles. The first-order valence-electron chi connectivity index (χ1n) is 13.3. The number of halogens is 1. The summed E-state index contributed by atoms with van der Waals surface area (Å²) in [6.45, 7) is 10.4. The maximum atomic E-state index is 13.3. The minimum absolute atomic E-state index is 0.0131. The maximum Gasteiger partial charge on any atom is 0.425 e. The number of anilines is 1. The first-order valence-corrected chi connectivity index (χ1v) is 13.3. The van der Waals surface area contributed by atoms with E-state index in [-0.39, 0.29) is 18.3 Å². The van der Waals surface area contributed by atoms with Gasteiger partial charge in [-0.05, 0) is 70.9 Å². The van der Waals surface area contributed by atoms with E-state index in [0.29, 0.717) is 23.4 Å². The Morgan fingerprint density at radius 1 is 0.881 bits per heavy atom. The zero-order chi connectivity index (χ0) is 30.5. The van der Waals surface area contributed by atoms with Gasteiger partial charge in [0.1, 0.15) is 17.8 Å². The van der Waals surface area contributed by atoms with E-state index in [1.165, 1.54) is 18.3 Å². The normalized spacial score (nSPS) is 11.6. The van der Waals surface area contributed by atoms with Crippen LogP contribution in [-0.4, -0.2) is 38.5 Å². The second-order valence-electron chi connectivity index (χ2n) is 11.4. The molecular formula is C31H33FN4O6. The molecule has 220 valence electrons. The fourth-order valence-corrected chi connectivity index (χ4v) is 3.74. The Morgan fingerprint density at radius 2 is 1.52 bits per heavy atom. The van der Waals surface area contributed by atoms with E-state index in [2.05, 4.69) is 15.1 Å². The Kier molecular flexibility index (Phi) is 8.89. The molecule has 0 fully saturated rings. The number of nitrogens with zero attached hydrogens (tertiary/aromatic N) is 4. The van der Waals surface area contributed by atoms with Gasteiger partial charge in [-0.3, -0.25) is 0 Å². The van der Waals surface area contributed by atoms with Crippen LogP contribution in [0.25, 0.3) is 11.3 Å². The molecule has 4 rings (SSSR count). The summed E-state index contributed by atoms with van der Waals surface area (Å²) >= 11 is 0. The van der Waals surface area contributed by atoms with Crippen LogP contribution in [0, 0.1) is 5.95 Å². The smallest absolute Gasteiger partial charge is 0.425 e. The van der Waals surface area contributed by atoms with Gasteiger partial charge in [-0.15, -0.1) is 0 Å². The number of imide groups is 1. The topological polar surface area (TPSA) is 117 Å². The van der Waals surface area contributed by atoms with Gasteiger partial charge in [0.2, 0.25) is 11.8 Å². The third-order valence-corrected chi connectivity index (χ3v) is 5.46. The van der Waals surface area contributed by atoms with E-state index in [9.17, 15) is 14.0 Å². The Bertz CT molecular complexity index is 1510. The average molecular weight is 577 g/mol. The Morgan fingerprint density at radius 3 is 2.14 bits per heavy atom. The molecule has 0 N–H and O–H groups in total. The number of rotatable bonds is 7. The van der Waals surface area contributed by atoms with Gasteiger partial charge in [0, 0.05) is 24.8 Å². The van der Waals surface area contributed by atoms with Crippen LogP contribution in [0.2, 0.25) is 0 Å². The first kappa shape index (κ1) is 30.2. The molecule has 0 spiro atoms. The summed E-state index contributed by atoms with van der Waals surface area (Å²) in [5.41, 5.74) is 1.07. The lowest BCUT2D eigenvalue weighted by Crippen LogP contribution is -2.44. The van der Waals surface area contributed by atoms with Crippen molar-refractivity contribution in [1.82, 2.24) is 15.1 Å². The molecule has 1 aromatic carbocycles. The van der Waals surface area contributed by atoms with Crippen LogP contribution in [0.15, 0.2) is 71.4 Å². The summed E-state index contributed by atoms with van der Waals surface area (Å²) in [6, 6.07) is 17.1. The number of benzene rings is 1. The van der Waals surface area contributed by atoms with Crippen LogP contribution < -0.4 is 9.64 Å². The SMILES string of the molecule is CC(C)(C)OC(=O)N(C(=O)OC(C)(C)C)c1ncccc1-c1cc(Cc2ccc(COc3cccc(F)n3)cc2)no1. The summed E-state index contributed by atoms with van der Waals surface area (Å²) in [4.78, 5) is 35.1. The third kappa shape index (κ3) is 8.35. The summed E-state index contributed by atoms with van der Waals surface area (Å²) < 4.78 is 35.4. The predicted octanol–water partition coefficient (Wildman–Crippen LogP) is 7.12. The third-order valence-electron chi connectivity index (χ3n) is 5.46. The zero-order valence-electron chi connectivity index (χ0n) is 24.4. The van der Waals surface area contributed by atoms with E-state index in [1.54, 1.807) is 65.8 Å². The molecule has 10 nitrogen and oxygen atoms in total. The van der Waals surface area contributed by atoms with Crippen molar-refractivity contribution in [2.75, 3.05) is 4.90 Å². The number of carbonyl (C=O) groups is 2. The molecular weight excluding hydrogens is 543 g/mol. The number of aromatic nitrogens is 3. The fraction of sp³-hybridized carbons (Fsp3) is 0.323. The standard InChI is InChI=1S/C31H33FN4O6/c1-30(2,3)40-28(37)36(29(38)41-31(4,5)6)27-23(9-8-16-33-27)24-18-22(35-42-24)17-20-12-14-21(15-13-20)19-39-26-11-7-10-25(32)34-26/h7-16,18H,17,19H2,1-6H3. The molecule has 0 unspecified atom stereocenters. The molecule has 11 heteroatoms. The van der Waals surface area contributed by atoms with Crippen molar-refractivity contribution in [3.8, 4) is 17.2 Å². The molecule has 0 saturated carbocycles. The highest BCUT2D eigenvalue weighted by Crippen LogP contribution is 2.32. The molecule has 0 aliphatic carbocycles. The number of hydrogen-bond donors (Lipinski definition) is 0. The van der Waals surface area contributed by atoms with E-state index in [4.69, 9.17) is 18.7 Å². The molecule has 0 atom stereocenters. The Labute approximate surface area is 243 Å². The molecule has 2 amide bonds. The minimum Gasteiger partial charge on any atom is -0.473 e. The van der Waals surface area contributed by atoms with Crippen molar-refractivity contribution < 1.29 is 32.7 Å². The summed E-state index contributed by atoms with van der Waals surface area (Å²) in [5, 5.41) is 4.18. The van der Waals surface area contributed by atoms with E-state index >= 15 is 0 Å².